The maximum absolute atomic E-state index is 11.6. The number of hydrogen-bond acceptors (Lipinski definition) is 6. The van der Waals surface area contributed by atoms with Crippen LogP contribution in [-0.4, -0.2) is 40.9 Å². The van der Waals surface area contributed by atoms with Crippen molar-refractivity contribution in [3.05, 3.63) is 22.2 Å². The molecule has 0 N–H and O–H groups in total. The Morgan fingerprint density at radius 3 is 2.16 bits per heavy atom. The zero-order valence-electron chi connectivity index (χ0n) is 10.9. The van der Waals surface area contributed by atoms with Gasteiger partial charge in [-0.3, -0.25) is 0 Å². The van der Waals surface area contributed by atoms with Gasteiger partial charge in [-0.1, -0.05) is 0 Å². The lowest BCUT2D eigenvalue weighted by Crippen LogP contribution is -2.09. The number of ether oxygens (including phenoxy) is 5. The summed E-state index contributed by atoms with van der Waals surface area (Å²) in [5, 5.41) is 0. The highest BCUT2D eigenvalue weighted by atomic mass is 79.9. The Balaban J connectivity index is 3.08. The predicted octanol–water partition coefficient (Wildman–Crippen LogP) is 2.20. The van der Waals surface area contributed by atoms with Gasteiger partial charge in [0.15, 0.2) is 13.6 Å². The fraction of sp³-hybridized carbons (Fsp3) is 0.417. The van der Waals surface area contributed by atoms with E-state index >= 15 is 0 Å². The highest BCUT2D eigenvalue weighted by molar-refractivity contribution is 9.10. The number of hydrogen-bond donors (Lipinski definition) is 0. The molecule has 7 heteroatoms. The molecule has 6 nitrogen and oxygen atoms in total. The quantitative estimate of drug-likeness (QED) is 0.562. The first kappa shape index (κ1) is 15.7. The van der Waals surface area contributed by atoms with Gasteiger partial charge in [-0.05, 0) is 22.0 Å². The second kappa shape index (κ2) is 7.98. The second-order valence-corrected chi connectivity index (χ2v) is 4.23. The summed E-state index contributed by atoms with van der Waals surface area (Å²) in [6, 6.07) is 3.12. The van der Waals surface area contributed by atoms with Crippen LogP contribution in [0.25, 0.3) is 0 Å². The van der Waals surface area contributed by atoms with E-state index in [4.69, 9.17) is 18.9 Å². The molecule has 0 atom stereocenters. The largest absolute Gasteiger partial charge is 0.467 e. The van der Waals surface area contributed by atoms with Gasteiger partial charge in [0, 0.05) is 20.3 Å². The Morgan fingerprint density at radius 2 is 1.63 bits per heavy atom. The normalized spacial score (nSPS) is 10.1. The van der Waals surface area contributed by atoms with Crippen LogP contribution in [0, 0.1) is 0 Å². The molecule has 0 saturated carbocycles. The first-order valence-electron chi connectivity index (χ1n) is 5.29. The minimum atomic E-state index is -0.509. The third-order valence-electron chi connectivity index (χ3n) is 2.10. The number of esters is 1. The van der Waals surface area contributed by atoms with Gasteiger partial charge in [0.25, 0.3) is 0 Å². The molecule has 0 saturated heterocycles. The predicted molar refractivity (Wildman–Crippen MR) is 70.5 cm³/mol. The van der Waals surface area contributed by atoms with Gasteiger partial charge < -0.3 is 23.7 Å². The van der Waals surface area contributed by atoms with Crippen molar-refractivity contribution in [3.63, 3.8) is 0 Å². The molecule has 0 amide bonds. The summed E-state index contributed by atoms with van der Waals surface area (Å²) in [4.78, 5) is 11.6. The molecule has 19 heavy (non-hydrogen) atoms. The number of rotatable bonds is 7. The van der Waals surface area contributed by atoms with Crippen molar-refractivity contribution in [2.45, 2.75) is 0 Å². The Morgan fingerprint density at radius 1 is 1.05 bits per heavy atom. The summed E-state index contributed by atoms with van der Waals surface area (Å²) in [5.41, 5.74) is 0.274. The number of benzene rings is 1. The topological polar surface area (TPSA) is 63.2 Å². The summed E-state index contributed by atoms with van der Waals surface area (Å²) < 4.78 is 25.6. The molecule has 0 aromatic heterocycles. The van der Waals surface area contributed by atoms with E-state index in [1.165, 1.54) is 21.3 Å². The van der Waals surface area contributed by atoms with E-state index in [-0.39, 0.29) is 19.1 Å². The SMILES string of the molecule is COCOc1cc(OCOC)c(C(=O)OC)cc1Br. The Hall–Kier alpha value is -1.31. The van der Waals surface area contributed by atoms with Crippen molar-refractivity contribution < 1.29 is 28.5 Å². The van der Waals surface area contributed by atoms with Crippen molar-refractivity contribution in [1.29, 1.82) is 0 Å². The highest BCUT2D eigenvalue weighted by Crippen LogP contribution is 2.33. The van der Waals surface area contributed by atoms with Crippen LogP contribution in [0.2, 0.25) is 0 Å². The molecule has 0 aliphatic carbocycles. The van der Waals surface area contributed by atoms with Gasteiger partial charge in [-0.2, -0.15) is 0 Å². The number of halogens is 1. The fourth-order valence-corrected chi connectivity index (χ4v) is 1.74. The van der Waals surface area contributed by atoms with E-state index < -0.39 is 5.97 Å². The van der Waals surface area contributed by atoms with Crippen LogP contribution >= 0.6 is 15.9 Å². The highest BCUT2D eigenvalue weighted by Gasteiger charge is 2.17. The van der Waals surface area contributed by atoms with Crippen LogP contribution in [-0.2, 0) is 14.2 Å². The second-order valence-electron chi connectivity index (χ2n) is 3.37. The molecule has 1 rings (SSSR count). The van der Waals surface area contributed by atoms with Crippen molar-refractivity contribution in [2.24, 2.45) is 0 Å². The molecule has 1 aromatic carbocycles. The van der Waals surface area contributed by atoms with Gasteiger partial charge in [-0.15, -0.1) is 0 Å². The van der Waals surface area contributed by atoms with Crippen LogP contribution in [0.1, 0.15) is 10.4 Å². The minimum Gasteiger partial charge on any atom is -0.467 e. The van der Waals surface area contributed by atoms with E-state index in [9.17, 15) is 4.79 Å². The Kier molecular flexibility index (Phi) is 6.61. The lowest BCUT2D eigenvalue weighted by molar-refractivity contribution is 0.0432. The number of methoxy groups -OCH3 is 3. The lowest BCUT2D eigenvalue weighted by atomic mass is 10.2. The van der Waals surface area contributed by atoms with E-state index in [0.29, 0.717) is 16.0 Å². The average Bonchev–Trinajstić information content (AvgIpc) is 2.43. The molecule has 0 radical (unpaired) electrons. The Labute approximate surface area is 119 Å². The Bertz CT molecular complexity index is 434. The van der Waals surface area contributed by atoms with Crippen molar-refractivity contribution >= 4 is 21.9 Å². The van der Waals surface area contributed by atoms with Gasteiger partial charge in [0.05, 0.1) is 11.6 Å². The monoisotopic (exact) mass is 334 g/mol. The van der Waals surface area contributed by atoms with Gasteiger partial charge >= 0.3 is 5.97 Å². The molecular formula is C12H15BrO6. The zero-order valence-corrected chi connectivity index (χ0v) is 12.5. The molecule has 106 valence electrons. The summed E-state index contributed by atoms with van der Waals surface area (Å²) in [6.07, 6.45) is 0. The molecule has 0 bridgehead atoms. The first-order chi connectivity index (χ1) is 9.13. The maximum atomic E-state index is 11.6. The molecule has 1 aromatic rings. The summed E-state index contributed by atoms with van der Waals surface area (Å²) in [5.74, 6) is 0.286. The van der Waals surface area contributed by atoms with Crippen LogP contribution in [0.3, 0.4) is 0 Å². The number of carbonyl (C=O) groups is 1. The van der Waals surface area contributed by atoms with Gasteiger partial charge in [-0.25, -0.2) is 4.79 Å². The summed E-state index contributed by atoms with van der Waals surface area (Å²) >= 11 is 3.30. The number of carbonyl (C=O) groups excluding carboxylic acids is 1. The summed E-state index contributed by atoms with van der Waals surface area (Å²) in [6.45, 7) is 0.0925. The summed E-state index contributed by atoms with van der Waals surface area (Å²) in [7, 11) is 4.30. The molecule has 0 aliphatic heterocycles. The van der Waals surface area contributed by atoms with Crippen LogP contribution in [0.15, 0.2) is 16.6 Å². The van der Waals surface area contributed by atoms with Gasteiger partial charge in [0.1, 0.15) is 17.1 Å². The van der Waals surface area contributed by atoms with E-state index in [2.05, 4.69) is 20.7 Å². The van der Waals surface area contributed by atoms with E-state index in [0.717, 1.165) is 0 Å². The fourth-order valence-electron chi connectivity index (χ4n) is 1.28. The van der Waals surface area contributed by atoms with Crippen molar-refractivity contribution in [2.75, 3.05) is 34.9 Å². The smallest absolute Gasteiger partial charge is 0.341 e. The maximum Gasteiger partial charge on any atom is 0.341 e. The van der Waals surface area contributed by atoms with E-state index in [1.807, 2.05) is 0 Å². The molecule has 0 fully saturated rings. The third kappa shape index (κ3) is 4.38. The first-order valence-corrected chi connectivity index (χ1v) is 6.08. The van der Waals surface area contributed by atoms with Crippen LogP contribution in [0.5, 0.6) is 11.5 Å². The van der Waals surface area contributed by atoms with Crippen LogP contribution < -0.4 is 9.47 Å². The molecule has 0 spiro atoms. The molecule has 0 unspecified atom stereocenters. The molecule has 0 aliphatic rings. The van der Waals surface area contributed by atoms with Crippen molar-refractivity contribution in [3.8, 4) is 11.5 Å². The van der Waals surface area contributed by atoms with Crippen LogP contribution in [0.4, 0.5) is 0 Å². The zero-order chi connectivity index (χ0) is 14.3. The van der Waals surface area contributed by atoms with Gasteiger partial charge in [0.2, 0.25) is 0 Å². The average molecular weight is 335 g/mol. The molecular weight excluding hydrogens is 320 g/mol. The lowest BCUT2D eigenvalue weighted by Gasteiger charge is -2.13. The standard InChI is InChI=1S/C12H15BrO6/c1-15-6-18-10-5-11(19-7-16-2)9(13)4-8(10)12(14)17-3/h4-5H,6-7H2,1-3H3. The molecule has 0 heterocycles. The minimum absolute atomic E-state index is 0.00927. The van der Waals surface area contributed by atoms with Crippen molar-refractivity contribution in [1.82, 2.24) is 0 Å². The van der Waals surface area contributed by atoms with E-state index in [1.54, 1.807) is 12.1 Å². The third-order valence-corrected chi connectivity index (χ3v) is 2.72.